The van der Waals surface area contributed by atoms with Crippen molar-refractivity contribution < 1.29 is 19.1 Å². The van der Waals surface area contributed by atoms with Crippen LogP contribution in [-0.4, -0.2) is 25.0 Å². The van der Waals surface area contributed by atoms with E-state index in [9.17, 15) is 9.59 Å². The van der Waals surface area contributed by atoms with Crippen molar-refractivity contribution in [1.29, 1.82) is 0 Å². The molecular formula is C20H22O4. The maximum Gasteiger partial charge on any atom is 0.344 e. The first kappa shape index (κ1) is 17.7. The van der Waals surface area contributed by atoms with Crippen LogP contribution in [0.2, 0.25) is 0 Å². The van der Waals surface area contributed by atoms with Crippen molar-refractivity contribution in [3.05, 3.63) is 64.2 Å². The second-order valence-corrected chi connectivity index (χ2v) is 5.92. The lowest BCUT2D eigenvalue weighted by molar-refractivity contribution is -0.144. The number of carbonyl (C=O) groups excluding carboxylic acids is 2. The van der Waals surface area contributed by atoms with E-state index in [0.29, 0.717) is 11.3 Å². The molecule has 0 heterocycles. The van der Waals surface area contributed by atoms with Crippen LogP contribution in [0, 0.1) is 27.7 Å². The van der Waals surface area contributed by atoms with Gasteiger partial charge in [0.25, 0.3) is 0 Å². The second kappa shape index (κ2) is 7.77. The lowest BCUT2D eigenvalue weighted by Gasteiger charge is -2.09. The summed E-state index contributed by atoms with van der Waals surface area (Å²) >= 11 is 0. The first-order valence-electron chi connectivity index (χ1n) is 7.83. The summed E-state index contributed by atoms with van der Waals surface area (Å²) in [5.74, 6) is -0.182. The van der Waals surface area contributed by atoms with Crippen molar-refractivity contribution in [2.75, 3.05) is 13.2 Å². The van der Waals surface area contributed by atoms with Crippen LogP contribution in [0.5, 0.6) is 5.75 Å². The molecule has 0 aromatic heterocycles. The summed E-state index contributed by atoms with van der Waals surface area (Å²) in [7, 11) is 0. The molecule has 0 atom stereocenters. The van der Waals surface area contributed by atoms with Crippen LogP contribution >= 0.6 is 0 Å². The Bertz CT molecular complexity index is 762. The average molecular weight is 326 g/mol. The molecule has 0 spiro atoms. The van der Waals surface area contributed by atoms with Gasteiger partial charge in [-0.3, -0.25) is 4.79 Å². The Kier molecular flexibility index (Phi) is 5.74. The van der Waals surface area contributed by atoms with Crippen LogP contribution in [0.25, 0.3) is 0 Å². The van der Waals surface area contributed by atoms with Crippen molar-refractivity contribution in [1.82, 2.24) is 0 Å². The number of hydrogen-bond acceptors (Lipinski definition) is 4. The SMILES string of the molecule is Cc1ccc(OCC(=O)OCC(=O)c2ccc(C)c(C)c2)cc1C. The number of ketones is 1. The summed E-state index contributed by atoms with van der Waals surface area (Å²) in [6, 6.07) is 11.0. The molecule has 0 aliphatic carbocycles. The Hall–Kier alpha value is -2.62. The second-order valence-electron chi connectivity index (χ2n) is 5.92. The van der Waals surface area contributed by atoms with Crippen molar-refractivity contribution in [3.63, 3.8) is 0 Å². The van der Waals surface area contributed by atoms with Crippen LogP contribution in [0.3, 0.4) is 0 Å². The van der Waals surface area contributed by atoms with E-state index >= 15 is 0 Å². The van der Waals surface area contributed by atoms with E-state index in [0.717, 1.165) is 22.3 Å². The Morgan fingerprint density at radius 2 is 1.42 bits per heavy atom. The van der Waals surface area contributed by atoms with E-state index < -0.39 is 5.97 Å². The number of rotatable bonds is 6. The molecule has 24 heavy (non-hydrogen) atoms. The van der Waals surface area contributed by atoms with Crippen molar-refractivity contribution in [2.24, 2.45) is 0 Å². The van der Waals surface area contributed by atoms with E-state index in [1.165, 1.54) is 0 Å². The Labute approximate surface area is 142 Å². The molecule has 0 aliphatic heterocycles. The Morgan fingerprint density at radius 1 is 0.792 bits per heavy atom. The molecule has 2 aromatic carbocycles. The lowest BCUT2D eigenvalue weighted by atomic mass is 10.0. The molecule has 0 unspecified atom stereocenters. The first-order valence-corrected chi connectivity index (χ1v) is 7.83. The minimum atomic E-state index is -0.564. The van der Waals surface area contributed by atoms with E-state index in [-0.39, 0.29) is 19.0 Å². The maximum atomic E-state index is 12.1. The van der Waals surface area contributed by atoms with E-state index in [1.807, 2.05) is 45.9 Å². The minimum absolute atomic E-state index is 0.220. The third kappa shape index (κ3) is 4.69. The smallest absolute Gasteiger partial charge is 0.344 e. The molecule has 0 bridgehead atoms. The van der Waals surface area contributed by atoms with Crippen LogP contribution in [0.1, 0.15) is 32.6 Å². The standard InChI is InChI=1S/C20H22O4/c1-13-5-7-17(9-15(13)3)19(21)11-24-20(22)12-23-18-8-6-14(2)16(4)10-18/h5-10H,11-12H2,1-4H3. The third-order valence-corrected chi connectivity index (χ3v) is 4.03. The first-order chi connectivity index (χ1) is 11.4. The van der Waals surface area contributed by atoms with Gasteiger partial charge in [0, 0.05) is 5.56 Å². The van der Waals surface area contributed by atoms with Gasteiger partial charge in [-0.05, 0) is 68.1 Å². The van der Waals surface area contributed by atoms with Gasteiger partial charge in [0.2, 0.25) is 0 Å². The van der Waals surface area contributed by atoms with Gasteiger partial charge in [-0.15, -0.1) is 0 Å². The fourth-order valence-corrected chi connectivity index (χ4v) is 2.13. The van der Waals surface area contributed by atoms with Gasteiger partial charge in [0.15, 0.2) is 19.0 Å². The quantitative estimate of drug-likeness (QED) is 0.599. The molecule has 4 nitrogen and oxygen atoms in total. The molecule has 0 aliphatic rings. The van der Waals surface area contributed by atoms with Crippen molar-refractivity contribution in [3.8, 4) is 5.75 Å². The van der Waals surface area contributed by atoms with E-state index in [2.05, 4.69) is 0 Å². The zero-order valence-corrected chi connectivity index (χ0v) is 14.5. The number of benzene rings is 2. The predicted octanol–water partition coefficient (Wildman–Crippen LogP) is 3.73. The van der Waals surface area contributed by atoms with E-state index in [1.54, 1.807) is 18.2 Å². The van der Waals surface area contributed by atoms with Gasteiger partial charge in [-0.2, -0.15) is 0 Å². The predicted molar refractivity (Wildman–Crippen MR) is 92.6 cm³/mol. The highest BCUT2D eigenvalue weighted by atomic mass is 16.6. The lowest BCUT2D eigenvalue weighted by Crippen LogP contribution is -2.19. The summed E-state index contributed by atoms with van der Waals surface area (Å²) in [5, 5.41) is 0. The zero-order valence-electron chi connectivity index (χ0n) is 14.5. The molecule has 0 saturated heterocycles. The fraction of sp³-hybridized carbons (Fsp3) is 0.300. The summed E-state index contributed by atoms with van der Waals surface area (Å²) < 4.78 is 10.4. The van der Waals surface area contributed by atoms with Gasteiger partial charge in [-0.25, -0.2) is 4.79 Å². The van der Waals surface area contributed by atoms with Gasteiger partial charge >= 0.3 is 5.97 Å². The van der Waals surface area contributed by atoms with Crippen molar-refractivity contribution in [2.45, 2.75) is 27.7 Å². The molecule has 0 radical (unpaired) electrons. The Balaban J connectivity index is 1.83. The minimum Gasteiger partial charge on any atom is -0.482 e. The van der Waals surface area contributed by atoms with Gasteiger partial charge < -0.3 is 9.47 Å². The fourth-order valence-electron chi connectivity index (χ4n) is 2.13. The number of ether oxygens (including phenoxy) is 2. The normalized spacial score (nSPS) is 10.3. The summed E-state index contributed by atoms with van der Waals surface area (Å²) in [5.41, 5.74) is 4.94. The van der Waals surface area contributed by atoms with Crippen LogP contribution in [0.4, 0.5) is 0 Å². The van der Waals surface area contributed by atoms with Gasteiger partial charge in [0.1, 0.15) is 5.75 Å². The van der Waals surface area contributed by atoms with Crippen molar-refractivity contribution >= 4 is 11.8 Å². The molecule has 0 saturated carbocycles. The average Bonchev–Trinajstić information content (AvgIpc) is 2.56. The summed E-state index contributed by atoms with van der Waals surface area (Å²) in [6.07, 6.45) is 0. The molecule has 0 N–H and O–H groups in total. The number of aryl methyl sites for hydroxylation is 4. The summed E-state index contributed by atoms with van der Waals surface area (Å²) in [4.78, 5) is 23.8. The van der Waals surface area contributed by atoms with Gasteiger partial charge in [-0.1, -0.05) is 18.2 Å². The molecule has 2 rings (SSSR count). The van der Waals surface area contributed by atoms with Crippen LogP contribution in [0.15, 0.2) is 36.4 Å². The molecule has 126 valence electrons. The highest BCUT2D eigenvalue weighted by Crippen LogP contribution is 2.16. The highest BCUT2D eigenvalue weighted by Gasteiger charge is 2.11. The zero-order chi connectivity index (χ0) is 17.7. The molecular weight excluding hydrogens is 304 g/mol. The molecule has 4 heteroatoms. The monoisotopic (exact) mass is 326 g/mol. The molecule has 0 amide bonds. The van der Waals surface area contributed by atoms with Crippen LogP contribution < -0.4 is 4.74 Å². The Morgan fingerprint density at radius 3 is 2.04 bits per heavy atom. The maximum absolute atomic E-state index is 12.1. The number of esters is 1. The highest BCUT2D eigenvalue weighted by molar-refractivity contribution is 5.98. The van der Waals surface area contributed by atoms with Gasteiger partial charge in [0.05, 0.1) is 0 Å². The number of carbonyl (C=O) groups is 2. The number of Topliss-reactive ketones (excluding diaryl/α,β-unsaturated/α-hetero) is 1. The van der Waals surface area contributed by atoms with E-state index in [4.69, 9.17) is 9.47 Å². The molecule has 0 fully saturated rings. The largest absolute Gasteiger partial charge is 0.482 e. The third-order valence-electron chi connectivity index (χ3n) is 4.03. The summed E-state index contributed by atoms with van der Waals surface area (Å²) in [6.45, 7) is 7.40. The number of hydrogen-bond donors (Lipinski definition) is 0. The topological polar surface area (TPSA) is 52.6 Å². The van der Waals surface area contributed by atoms with Crippen LogP contribution in [-0.2, 0) is 9.53 Å². The molecule has 2 aromatic rings.